The van der Waals surface area contributed by atoms with Crippen LogP contribution in [0.25, 0.3) is 11.1 Å². The highest BCUT2D eigenvalue weighted by molar-refractivity contribution is 5.91. The van der Waals surface area contributed by atoms with E-state index in [9.17, 15) is 10.1 Å². The molecular formula is C33H34N12O. The SMILES string of the molecule is Cn1cc(-c2ccc(N(C(=O)NCc3ccccc3)[C@H]3CC[C@H](Nc4ncc(C#N)c(NCc5cnccn5)n4)CC3)nc2)cn1. The van der Waals surface area contributed by atoms with E-state index in [1.165, 1.54) is 6.20 Å². The lowest BCUT2D eigenvalue weighted by Gasteiger charge is -2.36. The molecule has 0 aliphatic heterocycles. The van der Waals surface area contributed by atoms with E-state index in [1.54, 1.807) is 40.6 Å². The number of hydrogen-bond acceptors (Lipinski definition) is 10. The number of pyridine rings is 1. The van der Waals surface area contributed by atoms with E-state index >= 15 is 0 Å². The number of rotatable bonds is 10. The van der Waals surface area contributed by atoms with Crippen molar-refractivity contribution in [2.75, 3.05) is 15.5 Å². The Kier molecular flexibility index (Phi) is 9.34. The fourth-order valence-electron chi connectivity index (χ4n) is 5.51. The smallest absolute Gasteiger partial charge is 0.323 e. The quantitative estimate of drug-likeness (QED) is 0.201. The second kappa shape index (κ2) is 14.3. The van der Waals surface area contributed by atoms with Crippen molar-refractivity contribution in [3.05, 3.63) is 103 Å². The Labute approximate surface area is 266 Å². The van der Waals surface area contributed by atoms with Gasteiger partial charge in [0.15, 0.2) is 0 Å². The maximum Gasteiger partial charge on any atom is 0.323 e. The number of aromatic nitrogens is 7. The third kappa shape index (κ3) is 7.41. The predicted molar refractivity (Wildman–Crippen MR) is 173 cm³/mol. The van der Waals surface area contributed by atoms with Crippen molar-refractivity contribution < 1.29 is 4.79 Å². The zero-order valence-electron chi connectivity index (χ0n) is 25.4. The Hall–Kier alpha value is -5.90. The van der Waals surface area contributed by atoms with Crippen molar-refractivity contribution >= 4 is 23.6 Å². The van der Waals surface area contributed by atoms with Gasteiger partial charge < -0.3 is 16.0 Å². The Balaban J connectivity index is 1.13. The van der Waals surface area contributed by atoms with E-state index in [0.29, 0.717) is 36.2 Å². The van der Waals surface area contributed by atoms with Crippen LogP contribution in [0.4, 0.5) is 22.4 Å². The molecule has 232 valence electrons. The molecule has 13 heteroatoms. The number of nitrogens with one attached hydrogen (secondary N) is 3. The van der Waals surface area contributed by atoms with Crippen LogP contribution in [0.3, 0.4) is 0 Å². The number of carbonyl (C=O) groups excluding carboxylic acids is 1. The Morgan fingerprint density at radius 2 is 1.80 bits per heavy atom. The molecule has 1 fully saturated rings. The monoisotopic (exact) mass is 614 g/mol. The van der Waals surface area contributed by atoms with Crippen LogP contribution >= 0.6 is 0 Å². The van der Waals surface area contributed by atoms with Crippen LogP contribution in [-0.2, 0) is 20.1 Å². The molecule has 46 heavy (non-hydrogen) atoms. The summed E-state index contributed by atoms with van der Waals surface area (Å²) < 4.78 is 1.75. The van der Waals surface area contributed by atoms with E-state index in [4.69, 9.17) is 4.98 Å². The lowest BCUT2D eigenvalue weighted by Crippen LogP contribution is -2.49. The van der Waals surface area contributed by atoms with E-state index in [2.05, 4.69) is 47.1 Å². The molecule has 4 heterocycles. The molecule has 0 saturated heterocycles. The molecule has 0 bridgehead atoms. The van der Waals surface area contributed by atoms with Gasteiger partial charge in [-0.05, 0) is 43.4 Å². The van der Waals surface area contributed by atoms with Crippen LogP contribution in [0.5, 0.6) is 0 Å². The molecule has 5 aromatic rings. The molecule has 0 spiro atoms. The molecule has 1 saturated carbocycles. The number of nitrogens with zero attached hydrogens (tertiary/aromatic N) is 9. The first-order valence-corrected chi connectivity index (χ1v) is 15.1. The summed E-state index contributed by atoms with van der Waals surface area (Å²) in [6.07, 6.45) is 15.0. The summed E-state index contributed by atoms with van der Waals surface area (Å²) >= 11 is 0. The summed E-state index contributed by atoms with van der Waals surface area (Å²) in [4.78, 5) is 37.5. The number of benzene rings is 1. The third-order valence-electron chi connectivity index (χ3n) is 7.90. The molecule has 3 N–H and O–H groups in total. The average Bonchev–Trinajstić information content (AvgIpc) is 3.54. The van der Waals surface area contributed by atoms with Crippen molar-refractivity contribution in [2.24, 2.45) is 7.05 Å². The molecule has 2 amide bonds. The van der Waals surface area contributed by atoms with E-state index in [-0.39, 0.29) is 18.1 Å². The molecule has 0 atom stereocenters. The Morgan fingerprint density at radius 1 is 0.957 bits per heavy atom. The maximum absolute atomic E-state index is 13.7. The third-order valence-corrected chi connectivity index (χ3v) is 7.90. The van der Waals surface area contributed by atoms with Gasteiger partial charge in [-0.2, -0.15) is 15.3 Å². The van der Waals surface area contributed by atoms with Gasteiger partial charge in [-0.1, -0.05) is 30.3 Å². The van der Waals surface area contributed by atoms with Gasteiger partial charge >= 0.3 is 6.03 Å². The largest absolute Gasteiger partial charge is 0.363 e. The number of aryl methyl sites for hydroxylation is 1. The molecular weight excluding hydrogens is 580 g/mol. The molecule has 1 aromatic carbocycles. The number of hydrogen-bond donors (Lipinski definition) is 3. The standard InChI is InChI=1S/C33H34N12O/c1-44-22-26(19-41-44)24-7-12-30(37-17-24)45(33(46)40-16-23-5-3-2-4-6-23)29-10-8-27(9-11-29)42-32-39-18-25(15-34)31(43-32)38-21-28-20-35-13-14-36-28/h2-7,12-14,17-20,22,27,29H,8-11,16,21H2,1H3,(H,40,46)(H2,38,39,42,43)/t27-,29-. The lowest BCUT2D eigenvalue weighted by molar-refractivity contribution is 0.240. The van der Waals surface area contributed by atoms with Gasteiger partial charge in [0, 0.05) is 61.6 Å². The molecule has 1 aliphatic rings. The summed E-state index contributed by atoms with van der Waals surface area (Å²) in [5.74, 6) is 1.47. The van der Waals surface area contributed by atoms with Gasteiger partial charge in [0.05, 0.1) is 30.8 Å². The summed E-state index contributed by atoms with van der Waals surface area (Å²) in [5, 5.41) is 23.5. The van der Waals surface area contributed by atoms with Crippen molar-refractivity contribution in [3.63, 3.8) is 0 Å². The van der Waals surface area contributed by atoms with Gasteiger partial charge in [-0.15, -0.1) is 0 Å². The first kappa shape index (κ1) is 30.1. The van der Waals surface area contributed by atoms with Crippen LogP contribution in [0.15, 0.2) is 85.8 Å². The lowest BCUT2D eigenvalue weighted by atomic mass is 9.90. The molecule has 4 aromatic heterocycles. The fourth-order valence-corrected chi connectivity index (χ4v) is 5.51. The topological polar surface area (TPSA) is 162 Å². The summed E-state index contributed by atoms with van der Waals surface area (Å²) in [6.45, 7) is 0.799. The van der Waals surface area contributed by atoms with Crippen LogP contribution in [0.2, 0.25) is 0 Å². The molecule has 0 radical (unpaired) electrons. The second-order valence-electron chi connectivity index (χ2n) is 11.1. The highest BCUT2D eigenvalue weighted by Crippen LogP contribution is 2.30. The zero-order valence-corrected chi connectivity index (χ0v) is 25.4. The average molecular weight is 615 g/mol. The summed E-state index contributed by atoms with van der Waals surface area (Å²) in [7, 11) is 1.88. The van der Waals surface area contributed by atoms with Gasteiger partial charge in [0.2, 0.25) is 5.95 Å². The summed E-state index contributed by atoms with van der Waals surface area (Å²) in [6, 6.07) is 15.7. The van der Waals surface area contributed by atoms with Gasteiger partial charge in [-0.25, -0.2) is 14.8 Å². The highest BCUT2D eigenvalue weighted by Gasteiger charge is 2.31. The number of carbonyl (C=O) groups is 1. The van der Waals surface area contributed by atoms with Crippen LogP contribution in [-0.4, -0.2) is 52.8 Å². The predicted octanol–water partition coefficient (Wildman–Crippen LogP) is 4.69. The maximum atomic E-state index is 13.7. The van der Waals surface area contributed by atoms with Gasteiger partial charge in [0.25, 0.3) is 0 Å². The van der Waals surface area contributed by atoms with Crippen molar-refractivity contribution in [3.8, 4) is 17.2 Å². The fraction of sp³-hybridized carbons (Fsp3) is 0.273. The number of nitriles is 1. The molecule has 1 aliphatic carbocycles. The Bertz CT molecular complexity index is 1780. The van der Waals surface area contributed by atoms with Crippen molar-refractivity contribution in [1.82, 2.24) is 40.0 Å². The molecule has 6 rings (SSSR count). The van der Waals surface area contributed by atoms with Crippen LogP contribution < -0.4 is 20.9 Å². The summed E-state index contributed by atoms with van der Waals surface area (Å²) in [5.41, 5.74) is 4.00. The van der Waals surface area contributed by atoms with E-state index < -0.39 is 0 Å². The number of urea groups is 1. The van der Waals surface area contributed by atoms with Gasteiger partial charge in [0.1, 0.15) is 23.3 Å². The zero-order chi connectivity index (χ0) is 31.7. The Morgan fingerprint density at radius 3 is 2.50 bits per heavy atom. The van der Waals surface area contributed by atoms with Crippen LogP contribution in [0.1, 0.15) is 42.5 Å². The van der Waals surface area contributed by atoms with Gasteiger partial charge in [-0.3, -0.25) is 19.5 Å². The first-order chi connectivity index (χ1) is 22.6. The number of amides is 2. The molecule has 13 nitrogen and oxygen atoms in total. The minimum atomic E-state index is -0.184. The first-order valence-electron chi connectivity index (χ1n) is 15.1. The van der Waals surface area contributed by atoms with Crippen LogP contribution in [0, 0.1) is 11.3 Å². The second-order valence-corrected chi connectivity index (χ2v) is 11.1. The number of anilines is 3. The minimum absolute atomic E-state index is 0.0448. The van der Waals surface area contributed by atoms with E-state index in [1.807, 2.05) is 55.7 Å². The minimum Gasteiger partial charge on any atom is -0.363 e. The highest BCUT2D eigenvalue weighted by atomic mass is 16.2. The van der Waals surface area contributed by atoms with Crippen molar-refractivity contribution in [1.29, 1.82) is 5.26 Å². The van der Waals surface area contributed by atoms with E-state index in [0.717, 1.165) is 48.1 Å². The normalized spacial score (nSPS) is 15.8. The van der Waals surface area contributed by atoms with Crippen molar-refractivity contribution in [2.45, 2.75) is 50.9 Å². The molecule has 0 unspecified atom stereocenters.